The van der Waals surface area contributed by atoms with E-state index in [1.165, 1.54) is 18.5 Å². The normalized spacial score (nSPS) is 10.6. The highest BCUT2D eigenvalue weighted by Crippen LogP contribution is 2.25. The molecule has 0 amide bonds. The largest absolute Gasteiger partial charge is 0.478 e. The number of aromatic nitrogens is 2. The Morgan fingerprint density at radius 2 is 2.19 bits per heavy atom. The second kappa shape index (κ2) is 5.65. The zero-order valence-electron chi connectivity index (χ0n) is 11.3. The number of halogens is 1. The fraction of sp³-hybridized carbons (Fsp3) is 0.231. The first-order chi connectivity index (χ1) is 9.81. The number of carbonyl (C=O) groups is 1. The number of carboxylic acids is 1. The lowest BCUT2D eigenvalue weighted by Gasteiger charge is -2.09. The molecule has 0 saturated carbocycles. The zero-order chi connectivity index (χ0) is 15.7. The van der Waals surface area contributed by atoms with Gasteiger partial charge in [-0.1, -0.05) is 0 Å². The van der Waals surface area contributed by atoms with Crippen LogP contribution in [-0.2, 0) is 6.54 Å². The highest BCUT2D eigenvalue weighted by atomic mass is 79.9. The maximum absolute atomic E-state index is 11.1. The highest BCUT2D eigenvalue weighted by molar-refractivity contribution is 9.10. The highest BCUT2D eigenvalue weighted by Gasteiger charge is 2.19. The van der Waals surface area contributed by atoms with Crippen molar-refractivity contribution < 1.29 is 14.8 Å². The molecule has 0 aliphatic heterocycles. The molecule has 0 saturated heterocycles. The van der Waals surface area contributed by atoms with Crippen molar-refractivity contribution in [3.05, 3.63) is 55.6 Å². The Kier molecular flexibility index (Phi) is 4.08. The molecule has 0 bridgehead atoms. The van der Waals surface area contributed by atoms with Crippen LogP contribution >= 0.6 is 15.9 Å². The lowest BCUT2D eigenvalue weighted by Crippen LogP contribution is -2.07. The quantitative estimate of drug-likeness (QED) is 0.672. The molecule has 2 heterocycles. The van der Waals surface area contributed by atoms with Crippen LogP contribution in [0, 0.1) is 24.0 Å². The van der Waals surface area contributed by atoms with Crippen molar-refractivity contribution in [2.75, 3.05) is 0 Å². The van der Waals surface area contributed by atoms with Gasteiger partial charge in [-0.15, -0.1) is 0 Å². The molecule has 0 aromatic carbocycles. The first-order valence-corrected chi connectivity index (χ1v) is 6.79. The molecule has 2 aromatic rings. The Morgan fingerprint density at radius 3 is 2.71 bits per heavy atom. The van der Waals surface area contributed by atoms with Gasteiger partial charge in [-0.2, -0.15) is 0 Å². The molecule has 2 aromatic heterocycles. The van der Waals surface area contributed by atoms with Crippen LogP contribution in [0.4, 0.5) is 5.69 Å². The Balaban J connectivity index is 2.43. The maximum Gasteiger partial charge on any atom is 0.337 e. The summed E-state index contributed by atoms with van der Waals surface area (Å²) in [4.78, 5) is 25.8. The molecule has 0 aliphatic rings. The molecule has 1 N–H and O–H groups in total. The van der Waals surface area contributed by atoms with Crippen molar-refractivity contribution in [2.45, 2.75) is 20.4 Å². The van der Waals surface area contributed by atoms with Crippen LogP contribution in [-0.4, -0.2) is 25.6 Å². The smallest absolute Gasteiger partial charge is 0.337 e. The minimum absolute atomic E-state index is 0.0433. The molecule has 21 heavy (non-hydrogen) atoms. The number of pyridine rings is 1. The number of aryl methyl sites for hydroxylation is 1. The number of carboxylic acid groups (broad SMARTS) is 1. The fourth-order valence-corrected chi connectivity index (χ4v) is 2.56. The van der Waals surface area contributed by atoms with Crippen LogP contribution < -0.4 is 0 Å². The Bertz CT molecular complexity index is 739. The van der Waals surface area contributed by atoms with E-state index in [0.717, 1.165) is 0 Å². The first kappa shape index (κ1) is 15.2. The van der Waals surface area contributed by atoms with Crippen LogP contribution in [0.5, 0.6) is 0 Å². The Labute approximate surface area is 128 Å². The molecule has 2 rings (SSSR count). The van der Waals surface area contributed by atoms with Gasteiger partial charge >= 0.3 is 5.97 Å². The molecule has 0 fully saturated rings. The molecule has 0 aliphatic carbocycles. The summed E-state index contributed by atoms with van der Waals surface area (Å²) in [6.07, 6.45) is 2.91. The molecule has 7 nitrogen and oxygen atoms in total. The van der Waals surface area contributed by atoms with Gasteiger partial charge in [-0.05, 0) is 35.8 Å². The number of aromatic carboxylic acids is 1. The third-order valence-corrected chi connectivity index (χ3v) is 3.85. The summed E-state index contributed by atoms with van der Waals surface area (Å²) in [7, 11) is 0. The summed E-state index contributed by atoms with van der Waals surface area (Å²) in [6.45, 7) is 3.53. The van der Waals surface area contributed by atoms with Gasteiger partial charge in [0, 0.05) is 18.0 Å². The van der Waals surface area contributed by atoms with Gasteiger partial charge in [0.25, 0.3) is 5.69 Å². The second-order valence-electron chi connectivity index (χ2n) is 4.60. The van der Waals surface area contributed by atoms with E-state index in [0.29, 0.717) is 21.4 Å². The summed E-state index contributed by atoms with van der Waals surface area (Å²) in [5, 5.41) is 20.0. The topological polar surface area (TPSA) is 98.3 Å². The minimum Gasteiger partial charge on any atom is -0.478 e. The van der Waals surface area contributed by atoms with Crippen molar-refractivity contribution >= 4 is 27.6 Å². The van der Waals surface area contributed by atoms with Gasteiger partial charge < -0.3 is 9.67 Å². The number of nitrogens with zero attached hydrogens (tertiary/aromatic N) is 3. The van der Waals surface area contributed by atoms with Crippen molar-refractivity contribution in [3.8, 4) is 0 Å². The standard InChI is InChI=1S/C13H12BrN3O4/c1-7-4-15-10(8(2)12(7)17(20)21)6-16-5-9(13(18)19)3-11(16)14/h3-5H,6H2,1-2H3,(H,18,19). The van der Waals surface area contributed by atoms with Crippen LogP contribution in [0.3, 0.4) is 0 Å². The fourth-order valence-electron chi connectivity index (χ4n) is 2.08. The summed E-state index contributed by atoms with van der Waals surface area (Å²) >= 11 is 3.27. The third kappa shape index (κ3) is 2.94. The van der Waals surface area contributed by atoms with Crippen molar-refractivity contribution in [2.24, 2.45) is 0 Å². The van der Waals surface area contributed by atoms with Crippen molar-refractivity contribution in [1.82, 2.24) is 9.55 Å². The molecule has 0 unspecified atom stereocenters. The van der Waals surface area contributed by atoms with Crippen LogP contribution in [0.15, 0.2) is 23.1 Å². The monoisotopic (exact) mass is 353 g/mol. The average molecular weight is 354 g/mol. The molecular weight excluding hydrogens is 342 g/mol. The summed E-state index contributed by atoms with van der Waals surface area (Å²) < 4.78 is 2.21. The van der Waals surface area contributed by atoms with E-state index in [2.05, 4.69) is 20.9 Å². The predicted molar refractivity (Wildman–Crippen MR) is 78.6 cm³/mol. The Morgan fingerprint density at radius 1 is 1.52 bits per heavy atom. The van der Waals surface area contributed by atoms with Gasteiger partial charge in [0.2, 0.25) is 0 Å². The van der Waals surface area contributed by atoms with Gasteiger partial charge in [-0.3, -0.25) is 15.1 Å². The summed E-state index contributed by atoms with van der Waals surface area (Å²) in [6, 6.07) is 1.47. The van der Waals surface area contributed by atoms with E-state index < -0.39 is 10.9 Å². The minimum atomic E-state index is -1.03. The molecule has 8 heteroatoms. The molecular formula is C13H12BrN3O4. The van der Waals surface area contributed by atoms with Crippen molar-refractivity contribution in [1.29, 1.82) is 0 Å². The zero-order valence-corrected chi connectivity index (χ0v) is 12.9. The van der Waals surface area contributed by atoms with Gasteiger partial charge in [-0.25, -0.2) is 4.79 Å². The lowest BCUT2D eigenvalue weighted by molar-refractivity contribution is -0.386. The molecule has 0 atom stereocenters. The van der Waals surface area contributed by atoms with Gasteiger partial charge in [0.1, 0.15) is 0 Å². The lowest BCUT2D eigenvalue weighted by atomic mass is 10.1. The third-order valence-electron chi connectivity index (χ3n) is 3.17. The van der Waals surface area contributed by atoms with Crippen LogP contribution in [0.2, 0.25) is 0 Å². The van der Waals surface area contributed by atoms with E-state index in [9.17, 15) is 14.9 Å². The first-order valence-electron chi connectivity index (χ1n) is 5.99. The molecule has 110 valence electrons. The number of rotatable bonds is 4. The van der Waals surface area contributed by atoms with E-state index in [1.807, 2.05) is 0 Å². The maximum atomic E-state index is 11.1. The number of nitro groups is 1. The van der Waals surface area contributed by atoms with E-state index in [4.69, 9.17) is 5.11 Å². The summed E-state index contributed by atoms with van der Waals surface area (Å²) in [5.74, 6) is -1.03. The molecule has 0 radical (unpaired) electrons. The SMILES string of the molecule is Cc1cnc(Cn2cc(C(=O)O)cc2Br)c(C)c1[N+](=O)[O-]. The summed E-state index contributed by atoms with van der Waals surface area (Å²) in [5.41, 5.74) is 1.69. The van der Waals surface area contributed by atoms with Gasteiger partial charge in [0.05, 0.1) is 32.9 Å². The van der Waals surface area contributed by atoms with E-state index >= 15 is 0 Å². The average Bonchev–Trinajstić information content (AvgIpc) is 2.74. The number of hydrogen-bond acceptors (Lipinski definition) is 4. The molecule has 0 spiro atoms. The van der Waals surface area contributed by atoms with E-state index in [-0.39, 0.29) is 17.8 Å². The van der Waals surface area contributed by atoms with E-state index in [1.54, 1.807) is 18.4 Å². The van der Waals surface area contributed by atoms with Crippen LogP contribution in [0.25, 0.3) is 0 Å². The van der Waals surface area contributed by atoms with Crippen LogP contribution in [0.1, 0.15) is 27.2 Å². The second-order valence-corrected chi connectivity index (χ2v) is 5.42. The van der Waals surface area contributed by atoms with Crippen molar-refractivity contribution in [3.63, 3.8) is 0 Å². The van der Waals surface area contributed by atoms with Gasteiger partial charge in [0.15, 0.2) is 0 Å². The predicted octanol–water partition coefficient (Wildman–Crippen LogP) is 2.92. The Hall–Kier alpha value is -2.22. The number of hydrogen-bond donors (Lipinski definition) is 1.